The Balaban J connectivity index is 1.45. The number of nitrogens with zero attached hydrogens (tertiary/aromatic N) is 3. The quantitative estimate of drug-likeness (QED) is 0.295. The van der Waals surface area contributed by atoms with Crippen molar-refractivity contribution in [2.45, 2.75) is 44.8 Å². The van der Waals surface area contributed by atoms with Crippen LogP contribution in [0.1, 0.15) is 36.7 Å². The molecule has 4 rings (SSSR count). The lowest BCUT2D eigenvalue weighted by Crippen LogP contribution is -2.14. The van der Waals surface area contributed by atoms with Crippen LogP contribution in [0, 0.1) is 6.92 Å². The number of thioether (sulfide) groups is 1. The molecule has 0 aliphatic carbocycles. The molecule has 2 heterocycles. The average Bonchev–Trinajstić information content (AvgIpc) is 3.48. The van der Waals surface area contributed by atoms with Crippen molar-refractivity contribution < 1.29 is 9.21 Å². The molecule has 0 radical (unpaired) electrons. The highest BCUT2D eigenvalue weighted by Gasteiger charge is 2.17. The molecule has 1 N–H and O–H groups in total. The van der Waals surface area contributed by atoms with Crippen LogP contribution < -0.4 is 5.32 Å². The summed E-state index contributed by atoms with van der Waals surface area (Å²) in [6.45, 7) is 4.73. The molecule has 0 atom stereocenters. The maximum atomic E-state index is 12.6. The van der Waals surface area contributed by atoms with Crippen LogP contribution in [0.3, 0.4) is 0 Å². The number of furan rings is 1. The fraction of sp³-hybridized carbons (Fsp3) is 0.269. The van der Waals surface area contributed by atoms with Gasteiger partial charge in [0.15, 0.2) is 11.0 Å². The van der Waals surface area contributed by atoms with Crippen molar-refractivity contribution in [2.24, 2.45) is 0 Å². The summed E-state index contributed by atoms with van der Waals surface area (Å²) in [7, 11) is 0. The van der Waals surface area contributed by atoms with E-state index in [1.807, 2.05) is 54.0 Å². The molecular weight excluding hydrogens is 432 g/mol. The van der Waals surface area contributed by atoms with Crippen LogP contribution in [0.4, 0.5) is 5.69 Å². The van der Waals surface area contributed by atoms with Crippen molar-refractivity contribution in [3.05, 3.63) is 83.8 Å². The summed E-state index contributed by atoms with van der Waals surface area (Å²) < 4.78 is 7.54. The van der Waals surface area contributed by atoms with Crippen LogP contribution in [0.25, 0.3) is 11.4 Å². The predicted molar refractivity (Wildman–Crippen MR) is 132 cm³/mol. The Kier molecular flexibility index (Phi) is 7.62. The van der Waals surface area contributed by atoms with Gasteiger partial charge in [-0.25, -0.2) is 0 Å². The highest BCUT2D eigenvalue weighted by Crippen LogP contribution is 2.26. The molecule has 4 aromatic rings. The van der Waals surface area contributed by atoms with E-state index in [0.29, 0.717) is 11.7 Å². The SMILES string of the molecule is CCCCc1ccc(NC(=O)CSc2nnc(-c3cccc(C)c3)n2Cc2ccco2)cc1. The summed E-state index contributed by atoms with van der Waals surface area (Å²) >= 11 is 1.37. The minimum atomic E-state index is -0.0778. The van der Waals surface area contributed by atoms with E-state index in [9.17, 15) is 4.79 Å². The molecule has 2 aromatic carbocycles. The molecule has 0 fully saturated rings. The third-order valence-corrected chi connectivity index (χ3v) is 6.24. The van der Waals surface area contributed by atoms with Crippen LogP contribution in [0.15, 0.2) is 76.5 Å². The Morgan fingerprint density at radius 1 is 1.09 bits per heavy atom. The second-order valence-corrected chi connectivity index (χ2v) is 8.92. The molecule has 7 heteroatoms. The number of rotatable bonds is 10. The maximum Gasteiger partial charge on any atom is 0.234 e. The van der Waals surface area contributed by atoms with Crippen molar-refractivity contribution in [1.82, 2.24) is 14.8 Å². The first kappa shape index (κ1) is 22.9. The molecule has 0 saturated heterocycles. The fourth-order valence-electron chi connectivity index (χ4n) is 3.56. The summed E-state index contributed by atoms with van der Waals surface area (Å²) in [4.78, 5) is 12.6. The van der Waals surface area contributed by atoms with Gasteiger partial charge in [0, 0.05) is 11.3 Å². The minimum absolute atomic E-state index is 0.0778. The number of hydrogen-bond acceptors (Lipinski definition) is 5. The molecule has 0 spiro atoms. The standard InChI is InChI=1S/C26H28N4O2S/c1-3-4-8-20-11-13-22(14-12-20)27-24(31)18-33-26-29-28-25(21-9-5-7-19(2)16-21)30(26)17-23-10-6-15-32-23/h5-7,9-16H,3-4,8,17-18H2,1-2H3,(H,27,31). The highest BCUT2D eigenvalue weighted by molar-refractivity contribution is 7.99. The Morgan fingerprint density at radius 2 is 1.94 bits per heavy atom. The number of amides is 1. The number of benzene rings is 2. The predicted octanol–water partition coefficient (Wildman–Crippen LogP) is 5.97. The van der Waals surface area contributed by atoms with Crippen molar-refractivity contribution in [3.63, 3.8) is 0 Å². The van der Waals surface area contributed by atoms with Gasteiger partial charge in [-0.2, -0.15) is 0 Å². The molecule has 0 aliphatic rings. The Bertz CT molecular complexity index is 1180. The minimum Gasteiger partial charge on any atom is -0.467 e. The zero-order valence-electron chi connectivity index (χ0n) is 19.0. The summed E-state index contributed by atoms with van der Waals surface area (Å²) in [6, 6.07) is 20.0. The number of unbranched alkanes of at least 4 members (excludes halogenated alkanes) is 1. The van der Waals surface area contributed by atoms with Gasteiger partial charge >= 0.3 is 0 Å². The Hall–Kier alpha value is -3.32. The molecule has 6 nitrogen and oxygen atoms in total. The number of aromatic nitrogens is 3. The van der Waals surface area contributed by atoms with Gasteiger partial charge in [-0.3, -0.25) is 9.36 Å². The highest BCUT2D eigenvalue weighted by atomic mass is 32.2. The zero-order chi connectivity index (χ0) is 23.0. The van der Waals surface area contributed by atoms with E-state index in [4.69, 9.17) is 4.42 Å². The maximum absolute atomic E-state index is 12.6. The molecular formula is C26H28N4O2S. The number of hydrogen-bond donors (Lipinski definition) is 1. The van der Waals surface area contributed by atoms with E-state index < -0.39 is 0 Å². The first-order chi connectivity index (χ1) is 16.1. The van der Waals surface area contributed by atoms with Gasteiger partial charge in [0.05, 0.1) is 18.6 Å². The summed E-state index contributed by atoms with van der Waals surface area (Å²) in [5.74, 6) is 1.71. The van der Waals surface area contributed by atoms with Crippen LogP contribution in [0.5, 0.6) is 0 Å². The lowest BCUT2D eigenvalue weighted by Gasteiger charge is -2.10. The lowest BCUT2D eigenvalue weighted by molar-refractivity contribution is -0.113. The van der Waals surface area contributed by atoms with Crippen LogP contribution in [0.2, 0.25) is 0 Å². The molecule has 0 unspecified atom stereocenters. The lowest BCUT2D eigenvalue weighted by atomic mass is 10.1. The van der Waals surface area contributed by atoms with E-state index in [-0.39, 0.29) is 11.7 Å². The van der Waals surface area contributed by atoms with E-state index in [0.717, 1.165) is 34.8 Å². The second kappa shape index (κ2) is 11.0. The first-order valence-electron chi connectivity index (χ1n) is 11.2. The topological polar surface area (TPSA) is 73.0 Å². The molecule has 0 aliphatic heterocycles. The molecule has 0 saturated carbocycles. The number of aryl methyl sites for hydroxylation is 2. The van der Waals surface area contributed by atoms with Gasteiger partial charge in [-0.1, -0.05) is 61.0 Å². The van der Waals surface area contributed by atoms with Crippen LogP contribution in [-0.4, -0.2) is 26.4 Å². The molecule has 1 amide bonds. The normalized spacial score (nSPS) is 11.0. The summed E-state index contributed by atoms with van der Waals surface area (Å²) in [6.07, 6.45) is 5.06. The summed E-state index contributed by atoms with van der Waals surface area (Å²) in [5.41, 5.74) is 4.22. The summed E-state index contributed by atoms with van der Waals surface area (Å²) in [5, 5.41) is 12.4. The number of nitrogens with one attached hydrogen (secondary N) is 1. The molecule has 0 bridgehead atoms. The largest absolute Gasteiger partial charge is 0.467 e. The van der Waals surface area contributed by atoms with Crippen molar-refractivity contribution in [1.29, 1.82) is 0 Å². The third-order valence-electron chi connectivity index (χ3n) is 5.28. The number of carbonyl (C=O) groups is 1. The monoisotopic (exact) mass is 460 g/mol. The molecule has 33 heavy (non-hydrogen) atoms. The van der Waals surface area contributed by atoms with E-state index >= 15 is 0 Å². The van der Waals surface area contributed by atoms with E-state index in [1.54, 1.807) is 6.26 Å². The van der Waals surface area contributed by atoms with Crippen molar-refractivity contribution >= 4 is 23.4 Å². The van der Waals surface area contributed by atoms with E-state index in [2.05, 4.69) is 40.6 Å². The van der Waals surface area contributed by atoms with Gasteiger partial charge in [0.25, 0.3) is 0 Å². The second-order valence-electron chi connectivity index (χ2n) is 7.98. The number of carbonyl (C=O) groups excluding carboxylic acids is 1. The third kappa shape index (κ3) is 6.14. The Morgan fingerprint density at radius 3 is 2.67 bits per heavy atom. The first-order valence-corrected chi connectivity index (χ1v) is 12.1. The van der Waals surface area contributed by atoms with Gasteiger partial charge in [0.1, 0.15) is 5.76 Å². The Labute approximate surface area is 198 Å². The van der Waals surface area contributed by atoms with Gasteiger partial charge in [-0.05, 0) is 55.7 Å². The van der Waals surface area contributed by atoms with Gasteiger partial charge in [-0.15, -0.1) is 10.2 Å². The van der Waals surface area contributed by atoms with Gasteiger partial charge < -0.3 is 9.73 Å². The average molecular weight is 461 g/mol. The fourth-order valence-corrected chi connectivity index (χ4v) is 4.29. The van der Waals surface area contributed by atoms with Gasteiger partial charge in [0.2, 0.25) is 5.91 Å². The molecule has 170 valence electrons. The van der Waals surface area contributed by atoms with Crippen molar-refractivity contribution in [3.8, 4) is 11.4 Å². The van der Waals surface area contributed by atoms with Crippen LogP contribution in [-0.2, 0) is 17.8 Å². The van der Waals surface area contributed by atoms with Crippen molar-refractivity contribution in [2.75, 3.05) is 11.1 Å². The zero-order valence-corrected chi connectivity index (χ0v) is 19.8. The van der Waals surface area contributed by atoms with E-state index in [1.165, 1.54) is 30.2 Å². The van der Waals surface area contributed by atoms with Crippen LogP contribution >= 0.6 is 11.8 Å². The number of anilines is 1. The smallest absolute Gasteiger partial charge is 0.234 e. The molecule has 2 aromatic heterocycles.